The van der Waals surface area contributed by atoms with Crippen molar-refractivity contribution >= 4 is 5.96 Å². The van der Waals surface area contributed by atoms with Gasteiger partial charge in [0, 0.05) is 24.7 Å². The number of nitrogens with two attached hydrogens (primary N) is 1. The number of hydrogen-bond donors (Lipinski definition) is 2. The van der Waals surface area contributed by atoms with Gasteiger partial charge < -0.3 is 15.8 Å². The summed E-state index contributed by atoms with van der Waals surface area (Å²) in [7, 11) is 0. The smallest absolute Gasteiger partial charge is 0.188 e. The molecule has 0 bridgehead atoms. The highest BCUT2D eigenvalue weighted by Gasteiger charge is 2.33. The van der Waals surface area contributed by atoms with Crippen molar-refractivity contribution in [2.75, 3.05) is 19.6 Å². The molecule has 1 saturated carbocycles. The van der Waals surface area contributed by atoms with Crippen LogP contribution in [0.1, 0.15) is 53.4 Å². The van der Waals surface area contributed by atoms with Crippen molar-refractivity contribution < 1.29 is 4.74 Å². The molecule has 2 aliphatic rings. The molecule has 21 heavy (non-hydrogen) atoms. The molecule has 0 radical (unpaired) electrons. The van der Waals surface area contributed by atoms with Crippen molar-refractivity contribution in [2.45, 2.75) is 77.2 Å². The van der Waals surface area contributed by atoms with E-state index in [4.69, 9.17) is 10.5 Å². The molecular weight excluding hydrogens is 264 g/mol. The summed E-state index contributed by atoms with van der Waals surface area (Å²) >= 11 is 0. The SMILES string of the molecule is CC1CN(C(C)(C)CN=C(N)NC2CCCC2)CC(C)O1. The number of nitrogens with zero attached hydrogens (tertiary/aromatic N) is 2. The fourth-order valence-electron chi connectivity index (χ4n) is 3.38. The molecule has 3 N–H and O–H groups in total. The molecule has 0 amide bonds. The fourth-order valence-corrected chi connectivity index (χ4v) is 3.38. The summed E-state index contributed by atoms with van der Waals surface area (Å²) in [6.45, 7) is 11.4. The predicted octanol–water partition coefficient (Wildman–Crippen LogP) is 1.72. The van der Waals surface area contributed by atoms with Gasteiger partial charge in [0.05, 0.1) is 18.8 Å². The molecule has 1 saturated heterocycles. The van der Waals surface area contributed by atoms with Gasteiger partial charge in [0.1, 0.15) is 0 Å². The quantitative estimate of drug-likeness (QED) is 0.612. The molecule has 2 rings (SSSR count). The lowest BCUT2D eigenvalue weighted by molar-refractivity contribution is -0.0939. The van der Waals surface area contributed by atoms with Gasteiger partial charge in [-0.1, -0.05) is 12.8 Å². The first-order valence-electron chi connectivity index (χ1n) is 8.34. The lowest BCUT2D eigenvalue weighted by Crippen LogP contribution is -2.56. The molecule has 0 aromatic rings. The average Bonchev–Trinajstić information content (AvgIpc) is 2.88. The van der Waals surface area contributed by atoms with E-state index in [1.807, 2.05) is 0 Å². The number of nitrogens with one attached hydrogen (secondary N) is 1. The summed E-state index contributed by atoms with van der Waals surface area (Å²) < 4.78 is 5.81. The Balaban J connectivity index is 1.86. The van der Waals surface area contributed by atoms with E-state index in [1.54, 1.807) is 0 Å². The number of ether oxygens (including phenoxy) is 1. The minimum absolute atomic E-state index is 0.00821. The van der Waals surface area contributed by atoms with Crippen LogP contribution in [0.2, 0.25) is 0 Å². The number of guanidine groups is 1. The minimum Gasteiger partial charge on any atom is -0.373 e. The standard InChI is InChI=1S/C16H32N4O/c1-12-9-20(10-13(2)21-12)16(3,4)11-18-15(17)19-14-7-5-6-8-14/h12-14H,5-11H2,1-4H3,(H3,17,18,19). The maximum atomic E-state index is 6.04. The fraction of sp³-hybridized carbons (Fsp3) is 0.938. The Bertz CT molecular complexity index is 353. The zero-order valence-electron chi connectivity index (χ0n) is 14.1. The summed E-state index contributed by atoms with van der Waals surface area (Å²) in [5, 5.41) is 3.36. The summed E-state index contributed by atoms with van der Waals surface area (Å²) in [6, 6.07) is 0.528. The molecule has 5 heteroatoms. The number of rotatable bonds is 4. The lowest BCUT2D eigenvalue weighted by Gasteiger charge is -2.44. The molecule has 1 aliphatic heterocycles. The van der Waals surface area contributed by atoms with Crippen LogP contribution in [-0.2, 0) is 4.74 Å². The Morgan fingerprint density at radius 2 is 1.81 bits per heavy atom. The Morgan fingerprint density at radius 3 is 2.38 bits per heavy atom. The summed E-state index contributed by atoms with van der Waals surface area (Å²) in [5.74, 6) is 0.601. The Hall–Kier alpha value is -0.810. The zero-order chi connectivity index (χ0) is 15.5. The van der Waals surface area contributed by atoms with Gasteiger partial charge in [-0.15, -0.1) is 0 Å². The molecule has 122 valence electrons. The molecule has 5 nitrogen and oxygen atoms in total. The first-order chi connectivity index (χ1) is 9.87. The van der Waals surface area contributed by atoms with Crippen molar-refractivity contribution in [3.63, 3.8) is 0 Å². The summed E-state index contributed by atoms with van der Waals surface area (Å²) in [5.41, 5.74) is 6.05. The minimum atomic E-state index is 0.00821. The average molecular weight is 296 g/mol. The van der Waals surface area contributed by atoms with E-state index >= 15 is 0 Å². The molecule has 1 aliphatic carbocycles. The first kappa shape index (κ1) is 16.6. The summed E-state index contributed by atoms with van der Waals surface area (Å²) in [4.78, 5) is 7.06. The van der Waals surface area contributed by atoms with Gasteiger partial charge in [0.15, 0.2) is 5.96 Å². The van der Waals surface area contributed by atoms with Gasteiger partial charge in [-0.2, -0.15) is 0 Å². The molecule has 0 aromatic heterocycles. The monoisotopic (exact) mass is 296 g/mol. The van der Waals surface area contributed by atoms with Crippen LogP contribution >= 0.6 is 0 Å². The van der Waals surface area contributed by atoms with Crippen LogP contribution in [0, 0.1) is 0 Å². The Morgan fingerprint density at radius 1 is 1.24 bits per heavy atom. The topological polar surface area (TPSA) is 62.9 Å². The molecule has 2 fully saturated rings. The molecule has 0 aromatic carbocycles. The first-order valence-corrected chi connectivity index (χ1v) is 8.34. The maximum absolute atomic E-state index is 6.04. The van der Waals surface area contributed by atoms with Crippen molar-refractivity contribution in [3.8, 4) is 0 Å². The van der Waals surface area contributed by atoms with Crippen LogP contribution in [-0.4, -0.2) is 54.3 Å². The van der Waals surface area contributed by atoms with Crippen LogP contribution in [0.4, 0.5) is 0 Å². The number of aliphatic imine (C=N–C) groups is 1. The van der Waals surface area contributed by atoms with E-state index in [1.165, 1.54) is 25.7 Å². The van der Waals surface area contributed by atoms with Gasteiger partial charge in [-0.05, 0) is 40.5 Å². The van der Waals surface area contributed by atoms with Gasteiger partial charge in [-0.3, -0.25) is 9.89 Å². The van der Waals surface area contributed by atoms with E-state index < -0.39 is 0 Å². The van der Waals surface area contributed by atoms with Crippen molar-refractivity contribution in [2.24, 2.45) is 10.7 Å². The lowest BCUT2D eigenvalue weighted by atomic mass is 10.0. The molecule has 0 spiro atoms. The van der Waals surface area contributed by atoms with Crippen LogP contribution in [0.5, 0.6) is 0 Å². The Kier molecular flexibility index (Phi) is 5.49. The third kappa shape index (κ3) is 4.85. The van der Waals surface area contributed by atoms with Crippen LogP contribution in [0.3, 0.4) is 0 Å². The predicted molar refractivity (Wildman–Crippen MR) is 87.5 cm³/mol. The molecule has 2 unspecified atom stereocenters. The third-order valence-corrected chi connectivity index (χ3v) is 4.62. The molecule has 2 atom stereocenters. The second kappa shape index (κ2) is 6.97. The number of morpholine rings is 1. The van der Waals surface area contributed by atoms with E-state index in [2.05, 4.69) is 42.9 Å². The normalized spacial score (nSPS) is 29.8. The van der Waals surface area contributed by atoms with Crippen LogP contribution < -0.4 is 11.1 Å². The van der Waals surface area contributed by atoms with Gasteiger partial charge in [-0.25, -0.2) is 0 Å². The van der Waals surface area contributed by atoms with Gasteiger partial charge in [0.25, 0.3) is 0 Å². The Labute approximate surface area is 129 Å². The second-order valence-corrected chi connectivity index (χ2v) is 7.30. The molecular formula is C16H32N4O. The van der Waals surface area contributed by atoms with E-state index in [-0.39, 0.29) is 17.7 Å². The maximum Gasteiger partial charge on any atom is 0.188 e. The highest BCUT2D eigenvalue weighted by atomic mass is 16.5. The van der Waals surface area contributed by atoms with E-state index in [0.717, 1.165) is 19.6 Å². The van der Waals surface area contributed by atoms with Crippen molar-refractivity contribution in [3.05, 3.63) is 0 Å². The molecule has 1 heterocycles. The second-order valence-electron chi connectivity index (χ2n) is 7.30. The highest BCUT2D eigenvalue weighted by Crippen LogP contribution is 2.21. The van der Waals surface area contributed by atoms with Crippen LogP contribution in [0.15, 0.2) is 4.99 Å². The van der Waals surface area contributed by atoms with E-state index in [9.17, 15) is 0 Å². The van der Waals surface area contributed by atoms with Crippen molar-refractivity contribution in [1.82, 2.24) is 10.2 Å². The van der Waals surface area contributed by atoms with Crippen molar-refractivity contribution in [1.29, 1.82) is 0 Å². The van der Waals surface area contributed by atoms with Crippen LogP contribution in [0.25, 0.3) is 0 Å². The highest BCUT2D eigenvalue weighted by molar-refractivity contribution is 5.78. The van der Waals surface area contributed by atoms with Gasteiger partial charge >= 0.3 is 0 Å². The third-order valence-electron chi connectivity index (χ3n) is 4.62. The number of hydrogen-bond acceptors (Lipinski definition) is 3. The summed E-state index contributed by atoms with van der Waals surface area (Å²) in [6.07, 6.45) is 5.62. The zero-order valence-corrected chi connectivity index (χ0v) is 14.1. The largest absolute Gasteiger partial charge is 0.373 e. The van der Waals surface area contributed by atoms with Gasteiger partial charge in [0.2, 0.25) is 0 Å². The van der Waals surface area contributed by atoms with E-state index in [0.29, 0.717) is 12.0 Å².